The van der Waals surface area contributed by atoms with Gasteiger partial charge in [0.2, 0.25) is 0 Å². The van der Waals surface area contributed by atoms with Gasteiger partial charge in [0.1, 0.15) is 5.60 Å². The quantitative estimate of drug-likeness (QED) is 0.619. The lowest BCUT2D eigenvalue weighted by molar-refractivity contribution is 0.0291. The van der Waals surface area contributed by atoms with Crippen LogP contribution in [0.1, 0.15) is 40.5 Å². The fourth-order valence-corrected chi connectivity index (χ4v) is 1.96. The Kier molecular flexibility index (Phi) is 5.66. The first-order valence-corrected chi connectivity index (χ1v) is 6.75. The number of nitrogens with one attached hydrogen (secondary N) is 1. The number of allylic oxidation sites excluding steroid dienone is 1. The Bertz CT molecular complexity index is 295. The van der Waals surface area contributed by atoms with Gasteiger partial charge in [0.05, 0.1) is 0 Å². The van der Waals surface area contributed by atoms with Crippen LogP contribution >= 0.6 is 0 Å². The van der Waals surface area contributed by atoms with Gasteiger partial charge in [-0.05, 0) is 47.1 Å². The summed E-state index contributed by atoms with van der Waals surface area (Å²) in [6.45, 7) is 10.2. The van der Waals surface area contributed by atoms with Crippen molar-refractivity contribution in [2.75, 3.05) is 19.6 Å². The summed E-state index contributed by atoms with van der Waals surface area (Å²) in [5.41, 5.74) is -0.408. The van der Waals surface area contributed by atoms with Crippen molar-refractivity contribution >= 4 is 6.09 Å². The minimum Gasteiger partial charge on any atom is -0.444 e. The zero-order chi connectivity index (χ0) is 13.6. The van der Waals surface area contributed by atoms with Crippen LogP contribution in [0.15, 0.2) is 12.2 Å². The van der Waals surface area contributed by atoms with Gasteiger partial charge in [-0.3, -0.25) is 0 Å². The summed E-state index contributed by atoms with van der Waals surface area (Å²) in [7, 11) is 0. The SMILES string of the molecule is C/C=C/CCNC1CCN(C(=O)OC(C)(C)C)C1. The van der Waals surface area contributed by atoms with Crippen LogP contribution in [0.25, 0.3) is 0 Å². The van der Waals surface area contributed by atoms with Crippen LogP contribution in [-0.2, 0) is 4.74 Å². The van der Waals surface area contributed by atoms with Crippen LogP contribution in [0.5, 0.6) is 0 Å². The number of carbonyl (C=O) groups excluding carboxylic acids is 1. The van der Waals surface area contributed by atoms with E-state index in [9.17, 15) is 4.79 Å². The van der Waals surface area contributed by atoms with E-state index >= 15 is 0 Å². The molecule has 1 saturated heterocycles. The highest BCUT2D eigenvalue weighted by Crippen LogP contribution is 2.15. The van der Waals surface area contributed by atoms with Crippen LogP contribution in [0, 0.1) is 0 Å². The molecule has 1 aliphatic rings. The summed E-state index contributed by atoms with van der Waals surface area (Å²) in [5, 5.41) is 3.46. The second-order valence-corrected chi connectivity index (χ2v) is 5.72. The number of likely N-dealkylation sites (tertiary alicyclic amines) is 1. The van der Waals surface area contributed by atoms with Crippen LogP contribution in [-0.4, -0.2) is 42.3 Å². The maximum atomic E-state index is 11.8. The number of hydrogen-bond acceptors (Lipinski definition) is 3. The molecule has 1 fully saturated rings. The van der Waals surface area contributed by atoms with Crippen molar-refractivity contribution < 1.29 is 9.53 Å². The number of rotatable bonds is 4. The van der Waals surface area contributed by atoms with E-state index in [2.05, 4.69) is 17.5 Å². The summed E-state index contributed by atoms with van der Waals surface area (Å²) in [4.78, 5) is 13.6. The molecule has 1 atom stereocenters. The Hall–Kier alpha value is -1.03. The third-order valence-electron chi connectivity index (χ3n) is 2.82. The Morgan fingerprint density at radius 1 is 1.50 bits per heavy atom. The maximum Gasteiger partial charge on any atom is 0.410 e. The summed E-state index contributed by atoms with van der Waals surface area (Å²) in [5.74, 6) is 0. The molecule has 104 valence electrons. The van der Waals surface area contributed by atoms with Crippen molar-refractivity contribution in [2.24, 2.45) is 0 Å². The first kappa shape index (κ1) is 15.0. The third-order valence-corrected chi connectivity index (χ3v) is 2.82. The molecule has 1 rings (SSSR count). The minimum atomic E-state index is -0.408. The molecule has 1 heterocycles. The van der Waals surface area contributed by atoms with Crippen molar-refractivity contribution in [3.05, 3.63) is 12.2 Å². The van der Waals surface area contributed by atoms with Gasteiger partial charge < -0.3 is 15.0 Å². The first-order valence-electron chi connectivity index (χ1n) is 6.75. The lowest BCUT2D eigenvalue weighted by atomic mass is 10.2. The lowest BCUT2D eigenvalue weighted by Gasteiger charge is -2.24. The van der Waals surface area contributed by atoms with Crippen molar-refractivity contribution in [1.82, 2.24) is 10.2 Å². The van der Waals surface area contributed by atoms with Crippen molar-refractivity contribution in [3.8, 4) is 0 Å². The van der Waals surface area contributed by atoms with Crippen LogP contribution in [0.2, 0.25) is 0 Å². The van der Waals surface area contributed by atoms with E-state index in [0.29, 0.717) is 6.04 Å². The average molecular weight is 254 g/mol. The van der Waals surface area contributed by atoms with E-state index in [1.54, 1.807) is 4.90 Å². The average Bonchev–Trinajstić information content (AvgIpc) is 2.71. The monoisotopic (exact) mass is 254 g/mol. The molecule has 0 aromatic carbocycles. The third kappa shape index (κ3) is 5.54. The predicted molar refractivity (Wildman–Crippen MR) is 73.6 cm³/mol. The molecular weight excluding hydrogens is 228 g/mol. The summed E-state index contributed by atoms with van der Waals surface area (Å²) in [6, 6.07) is 0.405. The summed E-state index contributed by atoms with van der Waals surface area (Å²) < 4.78 is 5.36. The van der Waals surface area contributed by atoms with E-state index < -0.39 is 5.60 Å². The van der Waals surface area contributed by atoms with Crippen LogP contribution in [0.4, 0.5) is 4.79 Å². The molecule has 1 amide bonds. The van der Waals surface area contributed by atoms with Gasteiger partial charge >= 0.3 is 6.09 Å². The molecule has 0 radical (unpaired) electrons. The van der Waals surface area contributed by atoms with Gasteiger partial charge in [-0.2, -0.15) is 0 Å². The highest BCUT2D eigenvalue weighted by Gasteiger charge is 2.29. The molecule has 4 nitrogen and oxygen atoms in total. The Morgan fingerprint density at radius 3 is 2.83 bits per heavy atom. The van der Waals surface area contributed by atoms with E-state index in [1.165, 1.54) is 0 Å². The number of carbonyl (C=O) groups is 1. The predicted octanol–water partition coefficient (Wildman–Crippen LogP) is 2.55. The molecule has 18 heavy (non-hydrogen) atoms. The lowest BCUT2D eigenvalue weighted by Crippen LogP contribution is -2.38. The largest absolute Gasteiger partial charge is 0.444 e. The number of hydrogen-bond donors (Lipinski definition) is 1. The molecule has 0 saturated carbocycles. The number of amides is 1. The van der Waals surface area contributed by atoms with Gasteiger partial charge in [0.25, 0.3) is 0 Å². The number of nitrogens with zero attached hydrogens (tertiary/aromatic N) is 1. The van der Waals surface area contributed by atoms with Crippen molar-refractivity contribution in [2.45, 2.75) is 52.2 Å². The fraction of sp³-hybridized carbons (Fsp3) is 0.786. The zero-order valence-electron chi connectivity index (χ0n) is 12.0. The maximum absolute atomic E-state index is 11.8. The molecule has 0 aliphatic carbocycles. The first-order chi connectivity index (χ1) is 8.42. The highest BCUT2D eigenvalue weighted by atomic mass is 16.6. The molecule has 1 unspecified atom stereocenters. The van der Waals surface area contributed by atoms with Gasteiger partial charge in [0, 0.05) is 19.1 Å². The normalized spacial score (nSPS) is 20.7. The van der Waals surface area contributed by atoms with E-state index in [4.69, 9.17) is 4.74 Å². The minimum absolute atomic E-state index is 0.194. The molecule has 0 spiro atoms. The second-order valence-electron chi connectivity index (χ2n) is 5.72. The van der Waals surface area contributed by atoms with Crippen LogP contribution < -0.4 is 5.32 Å². The standard InChI is InChI=1S/C14H26N2O2/c1-5-6-7-9-15-12-8-10-16(11-12)13(17)18-14(2,3)4/h5-6,12,15H,7-11H2,1-4H3/b6-5+. The molecular formula is C14H26N2O2. The molecule has 1 aliphatic heterocycles. The smallest absolute Gasteiger partial charge is 0.410 e. The molecule has 1 N–H and O–H groups in total. The molecule has 0 bridgehead atoms. The van der Waals surface area contributed by atoms with Gasteiger partial charge in [-0.25, -0.2) is 4.79 Å². The second kappa shape index (κ2) is 6.78. The van der Waals surface area contributed by atoms with Crippen molar-refractivity contribution in [3.63, 3.8) is 0 Å². The van der Waals surface area contributed by atoms with Gasteiger partial charge in [-0.15, -0.1) is 0 Å². The summed E-state index contributed by atoms with van der Waals surface area (Å²) >= 11 is 0. The fourth-order valence-electron chi connectivity index (χ4n) is 1.96. The molecule has 4 heteroatoms. The Morgan fingerprint density at radius 2 is 2.22 bits per heavy atom. The Balaban J connectivity index is 2.26. The molecule has 0 aromatic rings. The zero-order valence-corrected chi connectivity index (χ0v) is 12.0. The van der Waals surface area contributed by atoms with Crippen molar-refractivity contribution in [1.29, 1.82) is 0 Å². The van der Waals surface area contributed by atoms with E-state index in [1.807, 2.05) is 27.7 Å². The molecule has 0 aromatic heterocycles. The van der Waals surface area contributed by atoms with E-state index in [-0.39, 0.29) is 6.09 Å². The highest BCUT2D eigenvalue weighted by molar-refractivity contribution is 5.68. The van der Waals surface area contributed by atoms with E-state index in [0.717, 1.165) is 32.5 Å². The van der Waals surface area contributed by atoms with Crippen LogP contribution in [0.3, 0.4) is 0 Å². The van der Waals surface area contributed by atoms with Gasteiger partial charge in [-0.1, -0.05) is 12.2 Å². The topological polar surface area (TPSA) is 41.6 Å². The van der Waals surface area contributed by atoms with Gasteiger partial charge in [0.15, 0.2) is 0 Å². The summed E-state index contributed by atoms with van der Waals surface area (Å²) in [6.07, 6.45) is 6.06. The Labute approximate surface area is 110 Å². The number of ether oxygens (including phenoxy) is 1.